The maximum Gasteiger partial charge on any atom is 0.240 e. The van der Waals surface area contributed by atoms with Gasteiger partial charge in [0.25, 0.3) is 0 Å². The molecule has 1 saturated carbocycles. The Kier molecular flexibility index (Phi) is 7.87. The first-order valence-corrected chi connectivity index (χ1v) is 11.0. The van der Waals surface area contributed by atoms with Gasteiger partial charge in [-0.3, -0.25) is 9.63 Å². The Labute approximate surface area is 179 Å². The molecule has 4 N–H and O–H groups in total. The third-order valence-electron chi connectivity index (χ3n) is 6.68. The Hall–Kier alpha value is -1.51. The lowest BCUT2D eigenvalue weighted by Crippen LogP contribution is -2.53. The van der Waals surface area contributed by atoms with E-state index < -0.39 is 24.2 Å². The van der Waals surface area contributed by atoms with Crippen LogP contribution in [-0.4, -0.2) is 57.2 Å². The Morgan fingerprint density at radius 1 is 1.27 bits per heavy atom. The van der Waals surface area contributed by atoms with Crippen molar-refractivity contribution in [2.45, 2.75) is 77.5 Å². The molecule has 1 aromatic carbocycles. The number of carbonyl (C=O) groups excluding carboxylic acids is 1. The number of hydrogen-bond acceptors (Lipinski definition) is 6. The van der Waals surface area contributed by atoms with Crippen LogP contribution in [0.2, 0.25) is 0 Å². The number of hydrogen-bond donors (Lipinski definition) is 4. The highest BCUT2D eigenvalue weighted by atomic mass is 16.7. The number of carbonyl (C=O) groups is 1. The molecule has 7 atom stereocenters. The topological polar surface area (TPSA) is 102 Å². The number of hydroxylamine groups is 2. The Balaban J connectivity index is 1.81. The van der Waals surface area contributed by atoms with Gasteiger partial charge in [-0.15, -0.1) is 0 Å². The Bertz CT molecular complexity index is 713. The number of nitrogens with one attached hydrogen (secondary N) is 1. The zero-order valence-electron chi connectivity index (χ0n) is 18.2. The van der Waals surface area contributed by atoms with Gasteiger partial charge in [-0.05, 0) is 42.7 Å². The number of rotatable bonds is 7. The smallest absolute Gasteiger partial charge is 0.240 e. The molecule has 7 nitrogen and oxygen atoms in total. The molecule has 7 heteroatoms. The molecule has 1 aliphatic heterocycles. The first-order chi connectivity index (χ1) is 14.3. The number of aliphatic hydroxyl groups is 3. The van der Waals surface area contributed by atoms with E-state index >= 15 is 0 Å². The van der Waals surface area contributed by atoms with Crippen LogP contribution in [0.15, 0.2) is 24.3 Å². The molecule has 2 unspecified atom stereocenters. The first-order valence-electron chi connectivity index (χ1n) is 11.0. The molecule has 1 amide bonds. The zero-order valence-corrected chi connectivity index (χ0v) is 18.2. The summed E-state index contributed by atoms with van der Waals surface area (Å²) in [5, 5.41) is 34.4. The minimum Gasteiger partial charge on any atom is -0.394 e. The fourth-order valence-corrected chi connectivity index (χ4v) is 4.88. The van der Waals surface area contributed by atoms with Gasteiger partial charge in [-0.2, -0.15) is 5.06 Å². The summed E-state index contributed by atoms with van der Waals surface area (Å²) in [5.41, 5.74) is 1.67. The summed E-state index contributed by atoms with van der Waals surface area (Å²) in [7, 11) is 0. The quantitative estimate of drug-likeness (QED) is 0.534. The molecule has 2 aliphatic rings. The molecule has 1 aliphatic carbocycles. The minimum atomic E-state index is -0.811. The molecule has 0 radical (unpaired) electrons. The van der Waals surface area contributed by atoms with E-state index in [1.807, 2.05) is 24.3 Å². The van der Waals surface area contributed by atoms with Crippen molar-refractivity contribution in [3.05, 3.63) is 35.4 Å². The molecule has 30 heavy (non-hydrogen) atoms. The van der Waals surface area contributed by atoms with Gasteiger partial charge in [0, 0.05) is 12.0 Å². The second-order valence-electron chi connectivity index (χ2n) is 9.15. The van der Waals surface area contributed by atoms with E-state index in [4.69, 9.17) is 4.84 Å². The van der Waals surface area contributed by atoms with Crippen molar-refractivity contribution in [1.29, 1.82) is 0 Å². The number of benzene rings is 1. The van der Waals surface area contributed by atoms with Gasteiger partial charge in [-0.1, -0.05) is 44.5 Å². The van der Waals surface area contributed by atoms with Crippen LogP contribution < -0.4 is 5.32 Å². The van der Waals surface area contributed by atoms with Crippen molar-refractivity contribution < 1.29 is 25.0 Å². The number of amides is 1. The van der Waals surface area contributed by atoms with Crippen LogP contribution >= 0.6 is 0 Å². The summed E-state index contributed by atoms with van der Waals surface area (Å²) in [5.74, 6) is 0.274. The van der Waals surface area contributed by atoms with Gasteiger partial charge in [0.05, 0.1) is 25.9 Å². The van der Waals surface area contributed by atoms with Crippen LogP contribution in [0.1, 0.15) is 51.2 Å². The van der Waals surface area contributed by atoms with Gasteiger partial charge in [0.15, 0.2) is 0 Å². The van der Waals surface area contributed by atoms with Crippen LogP contribution in [0.25, 0.3) is 0 Å². The molecule has 1 heterocycles. The van der Waals surface area contributed by atoms with E-state index in [-0.39, 0.29) is 25.2 Å². The van der Waals surface area contributed by atoms with Crippen LogP contribution in [-0.2, 0) is 22.8 Å². The largest absolute Gasteiger partial charge is 0.394 e. The molecule has 1 aromatic rings. The van der Waals surface area contributed by atoms with Crippen molar-refractivity contribution >= 4 is 5.91 Å². The summed E-state index contributed by atoms with van der Waals surface area (Å²) >= 11 is 0. The van der Waals surface area contributed by atoms with Crippen LogP contribution in [0, 0.1) is 17.8 Å². The molecule has 2 fully saturated rings. The third-order valence-corrected chi connectivity index (χ3v) is 6.68. The second kappa shape index (κ2) is 10.2. The fraction of sp³-hybridized carbons (Fsp3) is 0.696. The van der Waals surface area contributed by atoms with E-state index in [0.29, 0.717) is 18.4 Å². The summed E-state index contributed by atoms with van der Waals surface area (Å²) in [6.45, 7) is 6.00. The van der Waals surface area contributed by atoms with Crippen LogP contribution in [0.4, 0.5) is 0 Å². The monoisotopic (exact) mass is 420 g/mol. The van der Waals surface area contributed by atoms with Gasteiger partial charge in [0.1, 0.15) is 12.1 Å². The second-order valence-corrected chi connectivity index (χ2v) is 9.15. The Morgan fingerprint density at radius 2 is 2.00 bits per heavy atom. The van der Waals surface area contributed by atoms with E-state index in [1.54, 1.807) is 12.0 Å². The van der Waals surface area contributed by atoms with E-state index in [0.717, 1.165) is 24.0 Å². The summed E-state index contributed by atoms with van der Waals surface area (Å²) in [4.78, 5) is 19.3. The molecule has 0 bridgehead atoms. The lowest BCUT2D eigenvalue weighted by molar-refractivity contribution is -0.182. The van der Waals surface area contributed by atoms with Crippen molar-refractivity contribution in [2.24, 2.45) is 17.8 Å². The normalized spacial score (nSPS) is 33.4. The molecule has 0 spiro atoms. The first kappa shape index (κ1) is 23.2. The van der Waals surface area contributed by atoms with Gasteiger partial charge >= 0.3 is 0 Å². The predicted octanol–water partition coefficient (Wildman–Crippen LogP) is 1.59. The molecular formula is C23H36N2O5. The lowest BCUT2D eigenvalue weighted by atomic mass is 9.79. The number of nitrogens with zero attached hydrogens (tertiary/aromatic N) is 1. The predicted molar refractivity (Wildman–Crippen MR) is 113 cm³/mol. The Morgan fingerprint density at radius 3 is 2.67 bits per heavy atom. The van der Waals surface area contributed by atoms with E-state index in [2.05, 4.69) is 19.2 Å². The summed E-state index contributed by atoms with van der Waals surface area (Å²) < 4.78 is 0. The lowest BCUT2D eigenvalue weighted by Gasteiger charge is -2.35. The van der Waals surface area contributed by atoms with E-state index in [9.17, 15) is 20.1 Å². The summed E-state index contributed by atoms with van der Waals surface area (Å²) in [6.07, 6.45) is 1.75. The molecule has 1 saturated heterocycles. The SMILES string of the molecule is CC1CC[C@@H](C)CC1NC(=O)[C@@H]1[C@H]([C@H](C)O)[C@H](CO)ON1Cc1cccc(CO)c1. The standard InChI is InChI=1S/C23H36N2O5/c1-14-7-8-15(2)19(9-14)24-23(29)22-21(16(3)28)20(13-27)30-25(22)11-17-5-4-6-18(10-17)12-26/h4-6,10,14-16,19-22,26-28H,7-9,11-13H2,1-3H3,(H,24,29)/t14-,15?,16+,19?,20+,21-,22+/m1/s1. The molecule has 0 aromatic heterocycles. The van der Waals surface area contributed by atoms with Gasteiger partial charge in [-0.25, -0.2) is 0 Å². The van der Waals surface area contributed by atoms with Gasteiger partial charge in [0.2, 0.25) is 5.91 Å². The third kappa shape index (κ3) is 5.21. The number of aliphatic hydroxyl groups excluding tert-OH is 3. The molecule has 3 rings (SSSR count). The average molecular weight is 421 g/mol. The summed E-state index contributed by atoms with van der Waals surface area (Å²) in [6, 6.07) is 6.86. The highest BCUT2D eigenvalue weighted by molar-refractivity contribution is 5.82. The van der Waals surface area contributed by atoms with Crippen molar-refractivity contribution in [3.63, 3.8) is 0 Å². The van der Waals surface area contributed by atoms with Gasteiger partial charge < -0.3 is 20.6 Å². The average Bonchev–Trinajstić information content (AvgIpc) is 3.09. The van der Waals surface area contributed by atoms with Crippen molar-refractivity contribution in [2.75, 3.05) is 6.61 Å². The zero-order chi connectivity index (χ0) is 21.8. The maximum atomic E-state index is 13.4. The molecule has 168 valence electrons. The maximum absolute atomic E-state index is 13.4. The van der Waals surface area contributed by atoms with Crippen LogP contribution in [0.3, 0.4) is 0 Å². The van der Waals surface area contributed by atoms with Crippen molar-refractivity contribution in [1.82, 2.24) is 10.4 Å². The highest BCUT2D eigenvalue weighted by Crippen LogP contribution is 2.34. The fourth-order valence-electron chi connectivity index (χ4n) is 4.88. The van der Waals surface area contributed by atoms with Crippen molar-refractivity contribution in [3.8, 4) is 0 Å². The molecular weight excluding hydrogens is 384 g/mol. The van der Waals surface area contributed by atoms with E-state index in [1.165, 1.54) is 6.42 Å². The minimum absolute atomic E-state index is 0.0636. The van der Waals surface area contributed by atoms with Crippen LogP contribution in [0.5, 0.6) is 0 Å². The highest BCUT2D eigenvalue weighted by Gasteiger charge is 2.49.